The molecule has 0 amide bonds. The average molecular weight is 297 g/mol. The zero-order chi connectivity index (χ0) is 15.3. The second-order valence-corrected chi connectivity index (χ2v) is 5.40. The van der Waals surface area contributed by atoms with Gasteiger partial charge < -0.3 is 4.74 Å². The molecule has 21 heavy (non-hydrogen) atoms. The first-order chi connectivity index (χ1) is 10.0. The summed E-state index contributed by atoms with van der Waals surface area (Å²) in [4.78, 5) is 13.1. The monoisotopic (exact) mass is 297 g/mol. The molecule has 1 saturated carbocycles. The van der Waals surface area contributed by atoms with Gasteiger partial charge in [-0.1, -0.05) is 36.8 Å². The van der Waals surface area contributed by atoms with Crippen molar-refractivity contribution in [3.63, 3.8) is 0 Å². The number of benzene rings is 1. The van der Waals surface area contributed by atoms with Gasteiger partial charge in [-0.25, -0.2) is 4.79 Å². The van der Waals surface area contributed by atoms with E-state index in [9.17, 15) is 13.6 Å². The molecule has 2 rings (SSSR count). The average Bonchev–Trinajstić information content (AvgIpc) is 2.37. The van der Waals surface area contributed by atoms with Crippen LogP contribution in [0, 0.1) is 0 Å². The van der Waals surface area contributed by atoms with Crippen molar-refractivity contribution in [3.05, 3.63) is 35.9 Å². The maximum Gasteiger partial charge on any atom is 0.378 e. The fourth-order valence-corrected chi connectivity index (χ4v) is 2.44. The standard InChI is InChI=1S/C16H21F2NO2/c1-2-21-15(20)16(17,18)12-19(14-9-6-10-14)11-13-7-4-3-5-8-13/h3-5,7-8,14H,2,6,9-12H2,1H3. The van der Waals surface area contributed by atoms with Gasteiger partial charge >= 0.3 is 11.9 Å². The smallest absolute Gasteiger partial charge is 0.378 e. The minimum absolute atomic E-state index is 0.0312. The number of carbonyl (C=O) groups is 1. The molecule has 1 aliphatic carbocycles. The van der Waals surface area contributed by atoms with Crippen LogP contribution >= 0.6 is 0 Å². The summed E-state index contributed by atoms with van der Waals surface area (Å²) in [7, 11) is 0. The van der Waals surface area contributed by atoms with E-state index in [1.165, 1.54) is 6.92 Å². The number of alkyl halides is 2. The molecule has 3 nitrogen and oxygen atoms in total. The fourth-order valence-electron chi connectivity index (χ4n) is 2.44. The molecule has 0 radical (unpaired) electrons. The summed E-state index contributed by atoms with van der Waals surface area (Å²) in [5, 5.41) is 0. The molecule has 1 aliphatic rings. The van der Waals surface area contributed by atoms with E-state index in [-0.39, 0.29) is 12.6 Å². The molecule has 0 heterocycles. The van der Waals surface area contributed by atoms with Gasteiger partial charge in [-0.05, 0) is 25.3 Å². The molecule has 1 fully saturated rings. The van der Waals surface area contributed by atoms with Crippen LogP contribution in [0.25, 0.3) is 0 Å². The van der Waals surface area contributed by atoms with Crippen molar-refractivity contribution in [2.24, 2.45) is 0 Å². The van der Waals surface area contributed by atoms with Gasteiger partial charge in [0.1, 0.15) is 0 Å². The number of ether oxygens (including phenoxy) is 1. The zero-order valence-corrected chi connectivity index (χ0v) is 12.2. The molecule has 0 unspecified atom stereocenters. The Hall–Kier alpha value is -1.49. The van der Waals surface area contributed by atoms with Crippen molar-refractivity contribution in [1.29, 1.82) is 0 Å². The van der Waals surface area contributed by atoms with Crippen molar-refractivity contribution < 1.29 is 18.3 Å². The number of carbonyl (C=O) groups excluding carboxylic acids is 1. The van der Waals surface area contributed by atoms with E-state index in [1.807, 2.05) is 30.3 Å². The largest absolute Gasteiger partial charge is 0.462 e. The van der Waals surface area contributed by atoms with E-state index < -0.39 is 18.4 Å². The minimum atomic E-state index is -3.46. The summed E-state index contributed by atoms with van der Waals surface area (Å²) >= 11 is 0. The summed E-state index contributed by atoms with van der Waals surface area (Å²) in [5.74, 6) is -4.89. The predicted octanol–water partition coefficient (Wildman–Crippen LogP) is 3.24. The maximum absolute atomic E-state index is 14.0. The van der Waals surface area contributed by atoms with Crippen LogP contribution in [-0.2, 0) is 16.1 Å². The van der Waals surface area contributed by atoms with Gasteiger partial charge in [-0.15, -0.1) is 0 Å². The molecule has 0 aliphatic heterocycles. The molecule has 0 atom stereocenters. The van der Waals surface area contributed by atoms with Gasteiger partial charge in [-0.3, -0.25) is 4.90 Å². The van der Waals surface area contributed by atoms with Crippen molar-refractivity contribution >= 4 is 5.97 Å². The Morgan fingerprint density at radius 2 is 2.00 bits per heavy atom. The summed E-state index contributed by atoms with van der Waals surface area (Å²) in [6.07, 6.45) is 2.87. The third-order valence-electron chi connectivity index (χ3n) is 3.80. The van der Waals surface area contributed by atoms with Gasteiger partial charge in [0.15, 0.2) is 0 Å². The fraction of sp³-hybridized carbons (Fsp3) is 0.562. The topological polar surface area (TPSA) is 29.5 Å². The SMILES string of the molecule is CCOC(=O)C(F)(F)CN(Cc1ccccc1)C1CCC1. The molecule has 1 aromatic carbocycles. The molecule has 1 aromatic rings. The van der Waals surface area contributed by atoms with Crippen LogP contribution in [0.15, 0.2) is 30.3 Å². The summed E-state index contributed by atoms with van der Waals surface area (Å²) in [6, 6.07) is 9.62. The summed E-state index contributed by atoms with van der Waals surface area (Å²) in [5.41, 5.74) is 0.976. The van der Waals surface area contributed by atoms with Gasteiger partial charge in [0, 0.05) is 12.6 Å². The number of esters is 1. The Bertz CT molecular complexity index is 461. The number of halogens is 2. The zero-order valence-electron chi connectivity index (χ0n) is 12.2. The quantitative estimate of drug-likeness (QED) is 0.724. The van der Waals surface area contributed by atoms with Crippen LogP contribution in [-0.4, -0.2) is 36.0 Å². The molecule has 0 N–H and O–H groups in total. The van der Waals surface area contributed by atoms with Gasteiger partial charge in [0.05, 0.1) is 13.2 Å². The summed E-state index contributed by atoms with van der Waals surface area (Å²) in [6.45, 7) is 1.35. The van der Waals surface area contributed by atoms with Gasteiger partial charge in [0.25, 0.3) is 0 Å². The second-order valence-electron chi connectivity index (χ2n) is 5.40. The molecular weight excluding hydrogens is 276 g/mol. The van der Waals surface area contributed by atoms with Crippen molar-refractivity contribution in [2.75, 3.05) is 13.2 Å². The molecule has 0 bridgehead atoms. The first-order valence-electron chi connectivity index (χ1n) is 7.36. The lowest BCUT2D eigenvalue weighted by atomic mass is 9.90. The predicted molar refractivity (Wildman–Crippen MR) is 76.1 cm³/mol. The first-order valence-corrected chi connectivity index (χ1v) is 7.36. The molecular formula is C16H21F2NO2. The van der Waals surface area contributed by atoms with Crippen LogP contribution in [0.5, 0.6) is 0 Å². The van der Waals surface area contributed by atoms with E-state index in [2.05, 4.69) is 4.74 Å². The minimum Gasteiger partial charge on any atom is -0.462 e. The van der Waals surface area contributed by atoms with Gasteiger partial charge in [-0.2, -0.15) is 8.78 Å². The van der Waals surface area contributed by atoms with Crippen LogP contribution < -0.4 is 0 Å². The molecule has 0 aromatic heterocycles. The molecule has 5 heteroatoms. The highest BCUT2D eigenvalue weighted by atomic mass is 19.3. The number of hydrogen-bond donors (Lipinski definition) is 0. The Balaban J connectivity index is 2.04. The number of rotatable bonds is 7. The van der Waals surface area contributed by atoms with E-state index in [1.54, 1.807) is 4.90 Å². The van der Waals surface area contributed by atoms with E-state index in [0.29, 0.717) is 6.54 Å². The molecule has 0 spiro atoms. The maximum atomic E-state index is 14.0. The normalized spacial score (nSPS) is 15.8. The van der Waals surface area contributed by atoms with Crippen molar-refractivity contribution in [1.82, 2.24) is 4.90 Å². The van der Waals surface area contributed by atoms with Crippen LogP contribution in [0.4, 0.5) is 8.78 Å². The lowest BCUT2D eigenvalue weighted by molar-refractivity contribution is -0.175. The first kappa shape index (κ1) is 15.9. The van der Waals surface area contributed by atoms with Crippen LogP contribution in [0.2, 0.25) is 0 Å². The van der Waals surface area contributed by atoms with E-state index in [4.69, 9.17) is 0 Å². The highest BCUT2D eigenvalue weighted by Crippen LogP contribution is 2.29. The molecule has 0 saturated heterocycles. The highest BCUT2D eigenvalue weighted by Gasteiger charge is 2.44. The van der Waals surface area contributed by atoms with Crippen LogP contribution in [0.3, 0.4) is 0 Å². The Morgan fingerprint density at radius 3 is 2.52 bits per heavy atom. The van der Waals surface area contributed by atoms with E-state index in [0.717, 1.165) is 24.8 Å². The third kappa shape index (κ3) is 4.24. The van der Waals surface area contributed by atoms with Crippen molar-refractivity contribution in [3.8, 4) is 0 Å². The lowest BCUT2D eigenvalue weighted by Gasteiger charge is -2.38. The van der Waals surface area contributed by atoms with E-state index >= 15 is 0 Å². The van der Waals surface area contributed by atoms with Gasteiger partial charge in [0.2, 0.25) is 0 Å². The number of nitrogens with zero attached hydrogens (tertiary/aromatic N) is 1. The lowest BCUT2D eigenvalue weighted by Crippen LogP contribution is -2.49. The van der Waals surface area contributed by atoms with Crippen molar-refractivity contribution in [2.45, 2.75) is 44.7 Å². The van der Waals surface area contributed by atoms with Crippen LogP contribution in [0.1, 0.15) is 31.7 Å². The number of hydrogen-bond acceptors (Lipinski definition) is 3. The molecule has 116 valence electrons. The Labute approximate surface area is 123 Å². The Kier molecular flexibility index (Phi) is 5.28. The summed E-state index contributed by atoms with van der Waals surface area (Å²) < 4.78 is 32.4. The highest BCUT2D eigenvalue weighted by molar-refractivity contribution is 5.77. The third-order valence-corrected chi connectivity index (χ3v) is 3.80. The Morgan fingerprint density at radius 1 is 1.33 bits per heavy atom. The second kappa shape index (κ2) is 6.98.